The fourth-order valence-corrected chi connectivity index (χ4v) is 5.89. The molecule has 168 valence electrons. The summed E-state index contributed by atoms with van der Waals surface area (Å²) in [6.45, 7) is 0.794. The van der Waals surface area contributed by atoms with Gasteiger partial charge in [-0.05, 0) is 42.8 Å². The maximum absolute atomic E-state index is 12.8. The van der Waals surface area contributed by atoms with Gasteiger partial charge in [0, 0.05) is 37.0 Å². The molecule has 2 aliphatic heterocycles. The summed E-state index contributed by atoms with van der Waals surface area (Å²) in [6, 6.07) is 14.2. The van der Waals surface area contributed by atoms with E-state index >= 15 is 0 Å². The fourth-order valence-electron chi connectivity index (χ4n) is 3.64. The smallest absolute Gasteiger partial charge is 0.283 e. The number of sulfonamides is 1. The van der Waals surface area contributed by atoms with Crippen LogP contribution in [0, 0.1) is 0 Å². The lowest BCUT2D eigenvalue weighted by Gasteiger charge is -2.23. The molecule has 0 spiro atoms. The van der Waals surface area contributed by atoms with E-state index in [1.165, 1.54) is 36.0 Å². The van der Waals surface area contributed by atoms with Gasteiger partial charge in [-0.25, -0.2) is 0 Å². The van der Waals surface area contributed by atoms with Gasteiger partial charge in [-0.2, -0.15) is 8.42 Å². The first-order valence-corrected chi connectivity index (χ1v) is 12.8. The second kappa shape index (κ2) is 9.33. The summed E-state index contributed by atoms with van der Waals surface area (Å²) in [5.74, 6) is 1.01. The normalized spacial score (nSPS) is 20.0. The Kier molecular flexibility index (Phi) is 6.52. The molecule has 0 unspecified atom stereocenters. The number of anilines is 1. The van der Waals surface area contributed by atoms with E-state index in [2.05, 4.69) is 9.71 Å². The summed E-state index contributed by atoms with van der Waals surface area (Å²) in [5.41, 5.74) is 1.00. The zero-order valence-electron chi connectivity index (χ0n) is 17.6. The number of benzene rings is 2. The third kappa shape index (κ3) is 4.81. The number of rotatable bonds is 5. The number of carbonyl (C=O) groups excluding carboxylic acids is 2. The highest BCUT2D eigenvalue weighted by atomic mass is 32.2. The van der Waals surface area contributed by atoms with Gasteiger partial charge >= 0.3 is 0 Å². The molecule has 0 aromatic heterocycles. The van der Waals surface area contributed by atoms with Crippen molar-refractivity contribution < 1.29 is 18.0 Å². The van der Waals surface area contributed by atoms with E-state index in [4.69, 9.17) is 0 Å². The maximum atomic E-state index is 12.8. The van der Waals surface area contributed by atoms with Crippen molar-refractivity contribution in [1.82, 2.24) is 9.80 Å². The van der Waals surface area contributed by atoms with Crippen LogP contribution in [0.3, 0.4) is 0 Å². The number of hydrogen-bond donors (Lipinski definition) is 1. The Balaban J connectivity index is 1.44. The van der Waals surface area contributed by atoms with Crippen LogP contribution < -0.4 is 5.32 Å². The number of likely N-dealkylation sites (tertiary alicyclic amines) is 1. The van der Waals surface area contributed by atoms with E-state index in [-0.39, 0.29) is 16.7 Å². The van der Waals surface area contributed by atoms with E-state index in [0.717, 1.165) is 13.0 Å². The summed E-state index contributed by atoms with van der Waals surface area (Å²) in [4.78, 5) is 29.1. The van der Waals surface area contributed by atoms with Gasteiger partial charge in [0.15, 0.2) is 0 Å². The van der Waals surface area contributed by atoms with Gasteiger partial charge in [-0.3, -0.25) is 9.59 Å². The summed E-state index contributed by atoms with van der Waals surface area (Å²) in [7, 11) is -1.98. The zero-order valence-corrected chi connectivity index (χ0v) is 19.2. The SMILES string of the molecule is CN1CCC/C1=N\S(=O)(=O)c1ccc(NC(=O)[C@@H]2CSCN2C(=O)c2ccccc2)cc1. The van der Waals surface area contributed by atoms with Crippen LogP contribution in [0.2, 0.25) is 0 Å². The predicted molar refractivity (Wildman–Crippen MR) is 125 cm³/mol. The summed E-state index contributed by atoms with van der Waals surface area (Å²) in [5, 5.41) is 2.79. The minimum atomic E-state index is -3.81. The minimum absolute atomic E-state index is 0.0700. The van der Waals surface area contributed by atoms with E-state index in [1.54, 1.807) is 29.2 Å². The quantitative estimate of drug-likeness (QED) is 0.718. The van der Waals surface area contributed by atoms with E-state index < -0.39 is 16.1 Å². The first-order chi connectivity index (χ1) is 15.3. The van der Waals surface area contributed by atoms with Crippen LogP contribution in [0.25, 0.3) is 0 Å². The van der Waals surface area contributed by atoms with Gasteiger partial charge in [0.2, 0.25) is 5.91 Å². The Morgan fingerprint density at radius 1 is 1.09 bits per heavy atom. The fraction of sp³-hybridized carbons (Fsp3) is 0.318. The average molecular weight is 473 g/mol. The molecule has 2 saturated heterocycles. The van der Waals surface area contributed by atoms with Crippen LogP contribution in [0.1, 0.15) is 23.2 Å². The van der Waals surface area contributed by atoms with Gasteiger partial charge in [-0.15, -0.1) is 16.2 Å². The molecule has 2 aliphatic rings. The highest BCUT2D eigenvalue weighted by Gasteiger charge is 2.35. The van der Waals surface area contributed by atoms with Crippen LogP contribution in [0.15, 0.2) is 63.9 Å². The molecule has 2 fully saturated rings. The average Bonchev–Trinajstić information content (AvgIpc) is 3.43. The van der Waals surface area contributed by atoms with Gasteiger partial charge < -0.3 is 15.1 Å². The number of hydrogen-bond acceptors (Lipinski definition) is 5. The van der Waals surface area contributed by atoms with Crippen molar-refractivity contribution in [2.24, 2.45) is 4.40 Å². The molecule has 8 nitrogen and oxygen atoms in total. The molecule has 32 heavy (non-hydrogen) atoms. The Labute approximate surface area is 191 Å². The molecular weight excluding hydrogens is 448 g/mol. The highest BCUT2D eigenvalue weighted by Crippen LogP contribution is 2.25. The monoisotopic (exact) mass is 472 g/mol. The Morgan fingerprint density at radius 3 is 2.47 bits per heavy atom. The number of thioether (sulfide) groups is 1. The van der Waals surface area contributed by atoms with Crippen LogP contribution in [-0.2, 0) is 14.8 Å². The Hall–Kier alpha value is -2.85. The van der Waals surface area contributed by atoms with Crippen LogP contribution in [0.4, 0.5) is 5.69 Å². The molecule has 2 heterocycles. The minimum Gasteiger partial charge on any atom is -0.362 e. The number of nitrogens with zero attached hydrogens (tertiary/aromatic N) is 3. The largest absolute Gasteiger partial charge is 0.362 e. The molecule has 1 N–H and O–H groups in total. The van der Waals surface area contributed by atoms with E-state index in [1.807, 2.05) is 18.0 Å². The van der Waals surface area contributed by atoms with Crippen molar-refractivity contribution in [2.75, 3.05) is 30.5 Å². The Morgan fingerprint density at radius 2 is 1.81 bits per heavy atom. The summed E-state index contributed by atoms with van der Waals surface area (Å²) >= 11 is 1.52. The van der Waals surface area contributed by atoms with Crippen molar-refractivity contribution in [1.29, 1.82) is 0 Å². The standard InChI is InChI=1S/C22H24N4O4S2/c1-25-13-5-8-20(25)24-32(29,30)18-11-9-17(10-12-18)23-21(27)19-14-31-15-26(19)22(28)16-6-3-2-4-7-16/h2-4,6-7,9-12,19H,5,8,13-15H2,1H3,(H,23,27)/b24-20+/t19-/m0/s1. The molecule has 0 aliphatic carbocycles. The van der Waals surface area contributed by atoms with Gasteiger partial charge in [0.25, 0.3) is 15.9 Å². The van der Waals surface area contributed by atoms with E-state index in [9.17, 15) is 18.0 Å². The summed E-state index contributed by atoms with van der Waals surface area (Å²) < 4.78 is 29.1. The number of amides is 2. The van der Waals surface area contributed by atoms with E-state index in [0.29, 0.717) is 35.1 Å². The molecule has 0 radical (unpaired) electrons. The van der Waals surface area contributed by atoms with Crippen molar-refractivity contribution in [3.8, 4) is 0 Å². The highest BCUT2D eigenvalue weighted by molar-refractivity contribution is 7.99. The topological polar surface area (TPSA) is 99.2 Å². The van der Waals surface area contributed by atoms with Crippen molar-refractivity contribution in [3.63, 3.8) is 0 Å². The molecule has 0 bridgehead atoms. The molecule has 0 saturated carbocycles. The lowest BCUT2D eigenvalue weighted by molar-refractivity contribution is -0.119. The summed E-state index contributed by atoms with van der Waals surface area (Å²) in [6.07, 6.45) is 1.53. The van der Waals surface area contributed by atoms with Gasteiger partial charge in [0.1, 0.15) is 11.9 Å². The van der Waals surface area contributed by atoms with Gasteiger partial charge in [0.05, 0.1) is 10.8 Å². The second-order valence-electron chi connectivity index (χ2n) is 7.68. The lowest BCUT2D eigenvalue weighted by atomic mass is 10.1. The lowest BCUT2D eigenvalue weighted by Crippen LogP contribution is -2.44. The van der Waals surface area contributed by atoms with Crippen molar-refractivity contribution in [3.05, 3.63) is 60.2 Å². The van der Waals surface area contributed by atoms with Crippen molar-refractivity contribution in [2.45, 2.75) is 23.8 Å². The van der Waals surface area contributed by atoms with Crippen molar-refractivity contribution >= 4 is 45.1 Å². The molecule has 2 aromatic rings. The maximum Gasteiger partial charge on any atom is 0.283 e. The molecule has 1 atom stereocenters. The third-order valence-electron chi connectivity index (χ3n) is 5.45. The second-order valence-corrected chi connectivity index (χ2v) is 10.3. The molecular formula is C22H24N4O4S2. The molecule has 4 rings (SSSR count). The molecule has 2 aromatic carbocycles. The van der Waals surface area contributed by atoms with Crippen LogP contribution >= 0.6 is 11.8 Å². The van der Waals surface area contributed by atoms with Gasteiger partial charge in [-0.1, -0.05) is 18.2 Å². The molecule has 10 heteroatoms. The number of amidine groups is 1. The number of nitrogens with one attached hydrogen (secondary N) is 1. The molecule has 2 amide bonds. The number of carbonyl (C=O) groups is 2. The Bertz CT molecular complexity index is 1130. The van der Waals surface area contributed by atoms with Crippen LogP contribution in [-0.4, -0.2) is 67.1 Å². The van der Waals surface area contributed by atoms with Crippen LogP contribution in [0.5, 0.6) is 0 Å². The zero-order chi connectivity index (χ0) is 22.7. The first-order valence-electron chi connectivity index (χ1n) is 10.2. The third-order valence-corrected chi connectivity index (χ3v) is 7.78. The predicted octanol–water partition coefficient (Wildman–Crippen LogP) is 2.65. The first kappa shape index (κ1) is 22.3.